The molecule has 1 saturated heterocycles. The second kappa shape index (κ2) is 8.69. The van der Waals surface area contributed by atoms with Crippen molar-refractivity contribution in [2.75, 3.05) is 11.9 Å². The zero-order valence-electron chi connectivity index (χ0n) is 14.0. The molecular formula is C18H22ClN3O3. The molecule has 2 amide bonds. The number of halogens is 1. The lowest BCUT2D eigenvalue weighted by Crippen LogP contribution is -2.46. The predicted octanol–water partition coefficient (Wildman–Crippen LogP) is 2.82. The van der Waals surface area contributed by atoms with Crippen molar-refractivity contribution in [3.05, 3.63) is 54.0 Å². The van der Waals surface area contributed by atoms with Crippen LogP contribution in [0.3, 0.4) is 0 Å². The predicted molar refractivity (Wildman–Crippen MR) is 98.3 cm³/mol. The van der Waals surface area contributed by atoms with Crippen LogP contribution >= 0.6 is 12.4 Å². The van der Waals surface area contributed by atoms with Gasteiger partial charge < -0.3 is 20.4 Å². The molecule has 2 unspecified atom stereocenters. The van der Waals surface area contributed by atoms with Gasteiger partial charge in [0, 0.05) is 23.3 Å². The van der Waals surface area contributed by atoms with Crippen LogP contribution in [0.15, 0.2) is 47.1 Å². The monoisotopic (exact) mass is 363 g/mol. The van der Waals surface area contributed by atoms with Crippen LogP contribution in [0.5, 0.6) is 0 Å². The molecule has 0 radical (unpaired) electrons. The zero-order chi connectivity index (χ0) is 16.9. The number of furan rings is 1. The van der Waals surface area contributed by atoms with Gasteiger partial charge in [-0.15, -0.1) is 12.4 Å². The van der Waals surface area contributed by atoms with Gasteiger partial charge in [-0.1, -0.05) is 6.07 Å². The highest BCUT2D eigenvalue weighted by molar-refractivity contribution is 6.03. The number of amides is 2. The van der Waals surface area contributed by atoms with E-state index in [-0.39, 0.29) is 36.0 Å². The van der Waals surface area contributed by atoms with Crippen molar-refractivity contribution in [3.63, 3.8) is 0 Å². The maximum atomic E-state index is 12.4. The molecule has 2 atom stereocenters. The highest BCUT2D eigenvalue weighted by atomic mass is 35.5. The highest BCUT2D eigenvalue weighted by Crippen LogP contribution is 2.14. The molecule has 0 bridgehead atoms. The number of rotatable bonds is 4. The summed E-state index contributed by atoms with van der Waals surface area (Å²) in [6.07, 6.45) is 3.28. The van der Waals surface area contributed by atoms with E-state index in [1.807, 2.05) is 0 Å². The smallest absolute Gasteiger partial charge is 0.291 e. The summed E-state index contributed by atoms with van der Waals surface area (Å²) in [6.45, 7) is 3.02. The molecule has 1 aliphatic rings. The van der Waals surface area contributed by atoms with Gasteiger partial charge in [-0.3, -0.25) is 9.59 Å². The number of benzene rings is 1. The van der Waals surface area contributed by atoms with E-state index < -0.39 is 0 Å². The van der Waals surface area contributed by atoms with Crippen LogP contribution in [-0.4, -0.2) is 30.4 Å². The molecule has 1 aliphatic heterocycles. The summed E-state index contributed by atoms with van der Waals surface area (Å²) in [7, 11) is 0. The van der Waals surface area contributed by atoms with Crippen molar-refractivity contribution in [2.24, 2.45) is 0 Å². The number of anilines is 1. The van der Waals surface area contributed by atoms with Gasteiger partial charge in [0.05, 0.1) is 6.26 Å². The Kier molecular flexibility index (Phi) is 6.61. The minimum atomic E-state index is -0.343. The maximum absolute atomic E-state index is 12.4. The summed E-state index contributed by atoms with van der Waals surface area (Å²) in [6, 6.07) is 10.7. The van der Waals surface area contributed by atoms with Crippen molar-refractivity contribution in [2.45, 2.75) is 31.8 Å². The zero-order valence-corrected chi connectivity index (χ0v) is 14.8. The second-order valence-corrected chi connectivity index (χ2v) is 6.06. The lowest BCUT2D eigenvalue weighted by atomic mass is 10.00. The molecule has 1 fully saturated rings. The molecule has 3 rings (SSSR count). The summed E-state index contributed by atoms with van der Waals surface area (Å²) in [4.78, 5) is 24.4. The van der Waals surface area contributed by atoms with Gasteiger partial charge in [0.2, 0.25) is 0 Å². The molecular weight excluding hydrogens is 342 g/mol. The standard InChI is InChI=1S/C18H21N3O3.ClH/c1-12-10-15(7-8-19-12)20-17(22)13-4-2-5-14(11-13)21-18(23)16-6-3-9-24-16;/h2-6,9,11-12,15,19H,7-8,10H2,1H3,(H,20,22)(H,21,23);1H. The van der Waals surface area contributed by atoms with E-state index >= 15 is 0 Å². The van der Waals surface area contributed by atoms with Crippen molar-refractivity contribution in [3.8, 4) is 0 Å². The van der Waals surface area contributed by atoms with Crippen molar-refractivity contribution in [1.29, 1.82) is 0 Å². The molecule has 134 valence electrons. The average Bonchev–Trinajstić information content (AvgIpc) is 3.10. The Hall–Kier alpha value is -2.31. The van der Waals surface area contributed by atoms with Gasteiger partial charge in [0.25, 0.3) is 11.8 Å². The summed E-state index contributed by atoms with van der Waals surface area (Å²) in [5, 5.41) is 9.15. The average molecular weight is 364 g/mol. The fraction of sp³-hybridized carbons (Fsp3) is 0.333. The lowest BCUT2D eigenvalue weighted by molar-refractivity contribution is 0.0924. The minimum absolute atomic E-state index is 0. The van der Waals surface area contributed by atoms with E-state index in [2.05, 4.69) is 22.9 Å². The van der Waals surface area contributed by atoms with Gasteiger partial charge in [-0.05, 0) is 56.6 Å². The number of piperidine rings is 1. The molecule has 2 heterocycles. The fourth-order valence-corrected chi connectivity index (χ4v) is 2.87. The van der Waals surface area contributed by atoms with Crippen LogP contribution in [0.2, 0.25) is 0 Å². The Bertz CT molecular complexity index is 718. The first-order chi connectivity index (χ1) is 11.6. The van der Waals surface area contributed by atoms with Crippen LogP contribution in [-0.2, 0) is 0 Å². The van der Waals surface area contributed by atoms with Gasteiger partial charge in [-0.2, -0.15) is 0 Å². The minimum Gasteiger partial charge on any atom is -0.459 e. The largest absolute Gasteiger partial charge is 0.459 e. The number of carbonyl (C=O) groups excluding carboxylic acids is 2. The first-order valence-electron chi connectivity index (χ1n) is 8.11. The van der Waals surface area contributed by atoms with Crippen LogP contribution < -0.4 is 16.0 Å². The Balaban J connectivity index is 0.00000225. The molecule has 2 aromatic rings. The van der Waals surface area contributed by atoms with E-state index in [0.717, 1.165) is 19.4 Å². The van der Waals surface area contributed by atoms with E-state index in [9.17, 15) is 9.59 Å². The molecule has 3 N–H and O–H groups in total. The first-order valence-corrected chi connectivity index (χ1v) is 8.11. The van der Waals surface area contributed by atoms with Gasteiger partial charge >= 0.3 is 0 Å². The highest BCUT2D eigenvalue weighted by Gasteiger charge is 2.20. The quantitative estimate of drug-likeness (QED) is 0.780. The first kappa shape index (κ1) is 19.0. The summed E-state index contributed by atoms with van der Waals surface area (Å²) >= 11 is 0. The third-order valence-corrected chi connectivity index (χ3v) is 4.09. The molecule has 1 aromatic carbocycles. The number of carbonyl (C=O) groups is 2. The van der Waals surface area contributed by atoms with Crippen LogP contribution in [0.4, 0.5) is 5.69 Å². The number of hydrogen-bond acceptors (Lipinski definition) is 4. The fourth-order valence-electron chi connectivity index (χ4n) is 2.87. The number of nitrogens with one attached hydrogen (secondary N) is 3. The van der Waals surface area contributed by atoms with Crippen LogP contribution in [0.25, 0.3) is 0 Å². The Labute approximate surface area is 152 Å². The third-order valence-electron chi connectivity index (χ3n) is 4.09. The molecule has 0 spiro atoms. The third kappa shape index (κ3) is 5.08. The van der Waals surface area contributed by atoms with Gasteiger partial charge in [0.15, 0.2) is 5.76 Å². The molecule has 0 aliphatic carbocycles. The summed E-state index contributed by atoms with van der Waals surface area (Å²) < 4.78 is 5.06. The normalized spacial score (nSPS) is 19.6. The van der Waals surface area contributed by atoms with Crippen molar-refractivity contribution >= 4 is 29.9 Å². The maximum Gasteiger partial charge on any atom is 0.291 e. The second-order valence-electron chi connectivity index (χ2n) is 6.06. The Morgan fingerprint density at radius 1 is 1.20 bits per heavy atom. The number of hydrogen-bond donors (Lipinski definition) is 3. The topological polar surface area (TPSA) is 83.4 Å². The van der Waals surface area contributed by atoms with Gasteiger partial charge in [0.1, 0.15) is 0 Å². The Morgan fingerprint density at radius 2 is 2.04 bits per heavy atom. The molecule has 0 saturated carbocycles. The van der Waals surface area contributed by atoms with Crippen molar-refractivity contribution in [1.82, 2.24) is 10.6 Å². The summed E-state index contributed by atoms with van der Waals surface area (Å²) in [5.74, 6) is -0.235. The molecule has 25 heavy (non-hydrogen) atoms. The SMILES string of the molecule is CC1CC(NC(=O)c2cccc(NC(=O)c3ccco3)c2)CCN1.Cl. The van der Waals surface area contributed by atoms with E-state index in [4.69, 9.17) is 4.42 Å². The molecule has 6 nitrogen and oxygen atoms in total. The molecule has 7 heteroatoms. The van der Waals surface area contributed by atoms with Crippen LogP contribution in [0, 0.1) is 0 Å². The van der Waals surface area contributed by atoms with E-state index in [1.54, 1.807) is 36.4 Å². The molecule has 1 aromatic heterocycles. The van der Waals surface area contributed by atoms with E-state index in [0.29, 0.717) is 17.3 Å². The van der Waals surface area contributed by atoms with Crippen molar-refractivity contribution < 1.29 is 14.0 Å². The van der Waals surface area contributed by atoms with E-state index in [1.165, 1.54) is 6.26 Å². The van der Waals surface area contributed by atoms with Crippen LogP contribution in [0.1, 0.15) is 40.7 Å². The summed E-state index contributed by atoms with van der Waals surface area (Å²) in [5.41, 5.74) is 1.08. The Morgan fingerprint density at radius 3 is 2.76 bits per heavy atom. The van der Waals surface area contributed by atoms with Gasteiger partial charge in [-0.25, -0.2) is 0 Å². The lowest BCUT2D eigenvalue weighted by Gasteiger charge is -2.28.